The van der Waals surface area contributed by atoms with Gasteiger partial charge in [-0.25, -0.2) is 4.99 Å². The fourth-order valence-corrected chi connectivity index (χ4v) is 0.920. The summed E-state index contributed by atoms with van der Waals surface area (Å²) in [4.78, 5) is 13.9. The molecule has 5 heteroatoms. The standard InChI is InChI=1S/C9H6F3NO/c1-13-8(14)6-3-2-4-7(5-6)9(10,11)12/h2-5H,1H2. The monoisotopic (exact) mass is 201 g/mol. The van der Waals surface area contributed by atoms with Crippen LogP contribution in [-0.4, -0.2) is 12.6 Å². The smallest absolute Gasteiger partial charge is 0.267 e. The molecule has 1 amide bonds. The van der Waals surface area contributed by atoms with E-state index in [-0.39, 0.29) is 5.56 Å². The number of carbonyl (C=O) groups excluding carboxylic acids is 1. The van der Waals surface area contributed by atoms with Crippen LogP contribution in [0.25, 0.3) is 0 Å². The summed E-state index contributed by atoms with van der Waals surface area (Å²) < 4.78 is 36.5. The van der Waals surface area contributed by atoms with Crippen molar-refractivity contribution in [1.82, 2.24) is 0 Å². The molecule has 0 fully saturated rings. The van der Waals surface area contributed by atoms with Crippen molar-refractivity contribution >= 4 is 12.6 Å². The van der Waals surface area contributed by atoms with Crippen molar-refractivity contribution in [3.05, 3.63) is 35.4 Å². The van der Waals surface area contributed by atoms with Crippen LogP contribution >= 0.6 is 0 Å². The zero-order valence-corrected chi connectivity index (χ0v) is 7.01. The van der Waals surface area contributed by atoms with Gasteiger partial charge in [0, 0.05) is 5.56 Å². The SMILES string of the molecule is C=NC(=O)c1cccc(C(F)(F)F)c1. The maximum Gasteiger partial charge on any atom is 0.416 e. The lowest BCUT2D eigenvalue weighted by Gasteiger charge is -2.06. The van der Waals surface area contributed by atoms with Gasteiger partial charge < -0.3 is 0 Å². The van der Waals surface area contributed by atoms with E-state index in [2.05, 4.69) is 11.7 Å². The maximum atomic E-state index is 12.2. The number of alkyl halides is 3. The van der Waals surface area contributed by atoms with Crippen molar-refractivity contribution < 1.29 is 18.0 Å². The van der Waals surface area contributed by atoms with Gasteiger partial charge in [0.15, 0.2) is 0 Å². The molecule has 1 aromatic carbocycles. The minimum Gasteiger partial charge on any atom is -0.267 e. The summed E-state index contributed by atoms with van der Waals surface area (Å²) in [7, 11) is 0. The predicted molar refractivity (Wildman–Crippen MR) is 45.3 cm³/mol. The lowest BCUT2D eigenvalue weighted by Crippen LogP contribution is -2.06. The number of amides is 1. The van der Waals surface area contributed by atoms with Crippen LogP contribution in [0.1, 0.15) is 15.9 Å². The fourth-order valence-electron chi connectivity index (χ4n) is 0.920. The first kappa shape index (κ1) is 10.4. The molecule has 0 saturated carbocycles. The third-order valence-corrected chi connectivity index (χ3v) is 1.58. The summed E-state index contributed by atoms with van der Waals surface area (Å²) in [6.07, 6.45) is -4.45. The molecule has 0 N–H and O–H groups in total. The van der Waals surface area contributed by atoms with E-state index in [4.69, 9.17) is 0 Å². The highest BCUT2D eigenvalue weighted by Crippen LogP contribution is 2.29. The van der Waals surface area contributed by atoms with E-state index in [1.54, 1.807) is 0 Å². The van der Waals surface area contributed by atoms with Gasteiger partial charge in [-0.05, 0) is 24.9 Å². The van der Waals surface area contributed by atoms with Gasteiger partial charge in [-0.1, -0.05) is 6.07 Å². The van der Waals surface area contributed by atoms with E-state index < -0.39 is 17.6 Å². The van der Waals surface area contributed by atoms with Crippen molar-refractivity contribution in [2.24, 2.45) is 4.99 Å². The minimum absolute atomic E-state index is 0.116. The van der Waals surface area contributed by atoms with Gasteiger partial charge in [0.1, 0.15) is 0 Å². The zero-order valence-electron chi connectivity index (χ0n) is 7.01. The average Bonchev–Trinajstić information content (AvgIpc) is 2.15. The van der Waals surface area contributed by atoms with E-state index in [0.29, 0.717) is 0 Å². The summed E-state index contributed by atoms with van der Waals surface area (Å²) in [6, 6.07) is 4.05. The average molecular weight is 201 g/mol. The molecule has 0 bridgehead atoms. The molecule has 0 spiro atoms. The van der Waals surface area contributed by atoms with Crippen LogP contribution in [0.4, 0.5) is 13.2 Å². The van der Waals surface area contributed by atoms with Gasteiger partial charge in [0.05, 0.1) is 5.56 Å². The van der Waals surface area contributed by atoms with Crippen molar-refractivity contribution in [3.63, 3.8) is 0 Å². The molecular formula is C9H6F3NO. The number of benzene rings is 1. The second-order valence-electron chi connectivity index (χ2n) is 2.54. The maximum absolute atomic E-state index is 12.2. The Bertz CT molecular complexity index is 371. The highest BCUT2D eigenvalue weighted by atomic mass is 19.4. The second kappa shape index (κ2) is 3.61. The normalized spacial score (nSPS) is 11.1. The quantitative estimate of drug-likeness (QED) is 0.642. The van der Waals surface area contributed by atoms with Crippen molar-refractivity contribution in [1.29, 1.82) is 0 Å². The summed E-state index contributed by atoms with van der Waals surface area (Å²) in [5.41, 5.74) is -0.984. The van der Waals surface area contributed by atoms with Gasteiger partial charge in [0.25, 0.3) is 5.91 Å². The third kappa shape index (κ3) is 2.18. The summed E-state index contributed by atoms with van der Waals surface area (Å²) >= 11 is 0. The molecule has 0 unspecified atom stereocenters. The number of halogens is 3. The Morgan fingerprint density at radius 3 is 2.50 bits per heavy atom. The molecule has 1 aromatic rings. The molecule has 0 aliphatic heterocycles. The van der Waals surface area contributed by atoms with E-state index >= 15 is 0 Å². The first-order chi connectivity index (χ1) is 6.45. The summed E-state index contributed by atoms with van der Waals surface area (Å²) in [6.45, 7) is 2.95. The molecule has 0 saturated heterocycles. The highest BCUT2D eigenvalue weighted by molar-refractivity contribution is 5.97. The molecule has 0 heterocycles. The van der Waals surface area contributed by atoms with Gasteiger partial charge in [0.2, 0.25) is 0 Å². The van der Waals surface area contributed by atoms with Crippen LogP contribution < -0.4 is 0 Å². The predicted octanol–water partition coefficient (Wildman–Crippen LogP) is 2.55. The fraction of sp³-hybridized carbons (Fsp3) is 0.111. The number of hydrogen-bond acceptors (Lipinski definition) is 1. The molecule has 0 aromatic heterocycles. The van der Waals surface area contributed by atoms with Crippen LogP contribution in [0.2, 0.25) is 0 Å². The van der Waals surface area contributed by atoms with Gasteiger partial charge >= 0.3 is 6.18 Å². The first-order valence-electron chi connectivity index (χ1n) is 3.63. The lowest BCUT2D eigenvalue weighted by molar-refractivity contribution is -0.137. The lowest BCUT2D eigenvalue weighted by atomic mass is 10.1. The number of hydrogen-bond donors (Lipinski definition) is 0. The minimum atomic E-state index is -4.45. The van der Waals surface area contributed by atoms with Gasteiger partial charge in [-0.2, -0.15) is 13.2 Å². The Hall–Kier alpha value is -1.65. The molecule has 0 aliphatic rings. The van der Waals surface area contributed by atoms with Crippen LogP contribution in [-0.2, 0) is 6.18 Å². The molecule has 14 heavy (non-hydrogen) atoms. The zero-order chi connectivity index (χ0) is 10.8. The molecule has 74 valence electrons. The first-order valence-corrected chi connectivity index (χ1v) is 3.63. The molecule has 0 atom stereocenters. The van der Waals surface area contributed by atoms with Crippen molar-refractivity contribution in [2.45, 2.75) is 6.18 Å². The van der Waals surface area contributed by atoms with Gasteiger partial charge in [-0.15, -0.1) is 0 Å². The summed E-state index contributed by atoms with van der Waals surface area (Å²) in [5.74, 6) is -0.768. The molecule has 1 rings (SSSR count). The Morgan fingerprint density at radius 2 is 2.00 bits per heavy atom. The second-order valence-corrected chi connectivity index (χ2v) is 2.54. The Balaban J connectivity index is 3.14. The van der Waals surface area contributed by atoms with Crippen LogP contribution in [0.15, 0.2) is 29.3 Å². The summed E-state index contributed by atoms with van der Waals surface area (Å²) in [5, 5.41) is 0. The number of rotatable bonds is 1. The Kier molecular flexibility index (Phi) is 2.69. The number of carbonyl (C=O) groups is 1. The van der Waals surface area contributed by atoms with E-state index in [0.717, 1.165) is 18.2 Å². The van der Waals surface area contributed by atoms with E-state index in [9.17, 15) is 18.0 Å². The van der Waals surface area contributed by atoms with Crippen molar-refractivity contribution in [2.75, 3.05) is 0 Å². The number of aliphatic imine (C=N–C) groups is 1. The molecular weight excluding hydrogens is 195 g/mol. The third-order valence-electron chi connectivity index (χ3n) is 1.58. The van der Waals surface area contributed by atoms with Crippen LogP contribution in [0, 0.1) is 0 Å². The van der Waals surface area contributed by atoms with Crippen LogP contribution in [0.3, 0.4) is 0 Å². The van der Waals surface area contributed by atoms with Crippen LogP contribution in [0.5, 0.6) is 0 Å². The van der Waals surface area contributed by atoms with Crippen molar-refractivity contribution in [3.8, 4) is 0 Å². The molecule has 0 aliphatic carbocycles. The largest absolute Gasteiger partial charge is 0.416 e. The number of nitrogens with zero attached hydrogens (tertiary/aromatic N) is 1. The van der Waals surface area contributed by atoms with E-state index in [1.807, 2.05) is 0 Å². The van der Waals surface area contributed by atoms with Gasteiger partial charge in [-0.3, -0.25) is 4.79 Å². The molecule has 0 radical (unpaired) electrons. The topological polar surface area (TPSA) is 29.4 Å². The van der Waals surface area contributed by atoms with E-state index in [1.165, 1.54) is 6.07 Å². The Labute approximate surface area is 78.1 Å². The highest BCUT2D eigenvalue weighted by Gasteiger charge is 2.30. The molecule has 2 nitrogen and oxygen atoms in total. The Morgan fingerprint density at radius 1 is 1.36 bits per heavy atom.